The first-order valence-corrected chi connectivity index (χ1v) is 10.2. The predicted molar refractivity (Wildman–Crippen MR) is 109 cm³/mol. The summed E-state index contributed by atoms with van der Waals surface area (Å²) in [7, 11) is 0. The Balaban J connectivity index is 1.63. The number of halogens is 3. The van der Waals surface area contributed by atoms with Gasteiger partial charge in [0.1, 0.15) is 6.10 Å². The van der Waals surface area contributed by atoms with E-state index in [1.54, 1.807) is 6.07 Å². The van der Waals surface area contributed by atoms with E-state index in [1.165, 1.54) is 12.1 Å². The Morgan fingerprint density at radius 2 is 2.20 bits per heavy atom. The first-order chi connectivity index (χ1) is 14.4. The lowest BCUT2D eigenvalue weighted by atomic mass is 10.0. The van der Waals surface area contributed by atoms with Crippen molar-refractivity contribution < 1.29 is 17.9 Å². The second-order valence-electron chi connectivity index (χ2n) is 7.30. The highest BCUT2D eigenvalue weighted by atomic mass is 19.4. The highest BCUT2D eigenvalue weighted by molar-refractivity contribution is 5.80. The summed E-state index contributed by atoms with van der Waals surface area (Å²) in [5, 5.41) is 7.55. The van der Waals surface area contributed by atoms with Crippen LogP contribution in [0.1, 0.15) is 36.1 Å². The van der Waals surface area contributed by atoms with E-state index in [4.69, 9.17) is 9.73 Å². The number of hydrogen-bond acceptors (Lipinski definition) is 3. The molecule has 0 amide bonds. The van der Waals surface area contributed by atoms with Crippen LogP contribution < -0.4 is 5.32 Å². The number of nitrogens with zero attached hydrogens (tertiary/aromatic N) is 4. The highest BCUT2D eigenvalue weighted by Crippen LogP contribution is 2.32. The summed E-state index contributed by atoms with van der Waals surface area (Å²) in [6.45, 7) is 7.64. The maximum atomic E-state index is 13.1. The fourth-order valence-corrected chi connectivity index (χ4v) is 3.39. The summed E-state index contributed by atoms with van der Waals surface area (Å²) < 4.78 is 46.8. The summed E-state index contributed by atoms with van der Waals surface area (Å²) in [5.74, 6) is 0.759. The standard InChI is InChI=1S/C21H28F3N5O/c1-3-25-20(26-8-5-9-29-14-16(2)13-27-29)28-10-11-30-19(15-28)17-6-4-7-18(12-17)21(22,23)24/h4,6-7,12-14,19H,3,5,8-11,15H2,1-2H3,(H,25,26). The Morgan fingerprint density at radius 1 is 1.37 bits per heavy atom. The first-order valence-electron chi connectivity index (χ1n) is 10.2. The van der Waals surface area contributed by atoms with Crippen LogP contribution in [0.15, 0.2) is 41.7 Å². The minimum absolute atomic E-state index is 0.428. The molecule has 164 valence electrons. The van der Waals surface area contributed by atoms with Crippen molar-refractivity contribution in [1.82, 2.24) is 20.0 Å². The first kappa shape index (κ1) is 22.1. The number of morpholine rings is 1. The summed E-state index contributed by atoms with van der Waals surface area (Å²) in [4.78, 5) is 6.75. The van der Waals surface area contributed by atoms with Gasteiger partial charge in [-0.1, -0.05) is 12.1 Å². The Morgan fingerprint density at radius 3 is 2.90 bits per heavy atom. The van der Waals surface area contributed by atoms with Crippen LogP contribution in [-0.4, -0.2) is 53.4 Å². The zero-order valence-corrected chi connectivity index (χ0v) is 17.3. The molecule has 0 spiro atoms. The number of alkyl halides is 3. The van der Waals surface area contributed by atoms with E-state index in [0.717, 1.165) is 30.6 Å². The molecule has 1 N–H and O–H groups in total. The largest absolute Gasteiger partial charge is 0.416 e. The molecule has 1 fully saturated rings. The van der Waals surface area contributed by atoms with Crippen molar-refractivity contribution in [2.45, 2.75) is 39.1 Å². The molecule has 1 aliphatic heterocycles. The smallest absolute Gasteiger partial charge is 0.370 e. The van der Waals surface area contributed by atoms with E-state index in [1.807, 2.05) is 30.9 Å². The van der Waals surface area contributed by atoms with Gasteiger partial charge in [-0.15, -0.1) is 0 Å². The molecule has 1 aromatic heterocycles. The van der Waals surface area contributed by atoms with Gasteiger partial charge < -0.3 is 15.0 Å². The third-order valence-electron chi connectivity index (χ3n) is 4.86. The SMILES string of the molecule is CCNC(=NCCCn1cc(C)cn1)N1CCOC(c2cccc(C(F)(F)F)c2)C1. The number of hydrogen-bond donors (Lipinski definition) is 1. The second-order valence-corrected chi connectivity index (χ2v) is 7.30. The molecule has 30 heavy (non-hydrogen) atoms. The van der Waals surface area contributed by atoms with Gasteiger partial charge >= 0.3 is 6.18 Å². The van der Waals surface area contributed by atoms with Crippen LogP contribution in [0.5, 0.6) is 0 Å². The highest BCUT2D eigenvalue weighted by Gasteiger charge is 2.32. The van der Waals surface area contributed by atoms with Gasteiger partial charge in [0.05, 0.1) is 24.9 Å². The molecule has 9 heteroatoms. The average molecular weight is 423 g/mol. The van der Waals surface area contributed by atoms with Crippen molar-refractivity contribution in [2.75, 3.05) is 32.8 Å². The van der Waals surface area contributed by atoms with Crippen molar-refractivity contribution in [3.63, 3.8) is 0 Å². The summed E-state index contributed by atoms with van der Waals surface area (Å²) >= 11 is 0. The molecule has 1 aromatic carbocycles. The van der Waals surface area contributed by atoms with E-state index in [0.29, 0.717) is 38.3 Å². The Labute approximate surface area is 174 Å². The molecule has 0 saturated carbocycles. The molecule has 6 nitrogen and oxygen atoms in total. The maximum absolute atomic E-state index is 13.1. The Hall–Kier alpha value is -2.55. The fourth-order valence-electron chi connectivity index (χ4n) is 3.39. The van der Waals surface area contributed by atoms with Crippen LogP contribution in [0.3, 0.4) is 0 Å². The van der Waals surface area contributed by atoms with Crippen LogP contribution in [0.25, 0.3) is 0 Å². The molecule has 2 aromatic rings. The number of guanidine groups is 1. The van der Waals surface area contributed by atoms with Gasteiger partial charge in [-0.2, -0.15) is 18.3 Å². The van der Waals surface area contributed by atoms with Crippen LogP contribution in [0, 0.1) is 6.92 Å². The minimum atomic E-state index is -4.37. The van der Waals surface area contributed by atoms with Crippen LogP contribution >= 0.6 is 0 Å². The molecule has 2 heterocycles. The molecule has 0 radical (unpaired) electrons. The van der Waals surface area contributed by atoms with Gasteiger partial charge in [0, 0.05) is 32.4 Å². The average Bonchev–Trinajstić information content (AvgIpc) is 3.15. The van der Waals surface area contributed by atoms with Crippen molar-refractivity contribution in [3.8, 4) is 0 Å². The number of benzene rings is 1. The number of rotatable bonds is 6. The maximum Gasteiger partial charge on any atom is 0.416 e. The molecule has 1 unspecified atom stereocenters. The summed E-state index contributed by atoms with van der Waals surface area (Å²) in [5.41, 5.74) is 0.996. The zero-order valence-electron chi connectivity index (χ0n) is 17.3. The summed E-state index contributed by atoms with van der Waals surface area (Å²) in [6, 6.07) is 5.36. The van der Waals surface area contributed by atoms with Gasteiger partial charge in [0.15, 0.2) is 5.96 Å². The minimum Gasteiger partial charge on any atom is -0.370 e. The lowest BCUT2D eigenvalue weighted by molar-refractivity contribution is -0.137. The lowest BCUT2D eigenvalue weighted by Crippen LogP contribution is -2.48. The number of aryl methyl sites for hydroxylation is 2. The van der Waals surface area contributed by atoms with E-state index in [9.17, 15) is 13.2 Å². The Kier molecular flexibility index (Phi) is 7.36. The zero-order chi connectivity index (χ0) is 21.6. The van der Waals surface area contributed by atoms with Gasteiger partial charge in [-0.3, -0.25) is 9.67 Å². The fraction of sp³-hybridized carbons (Fsp3) is 0.524. The van der Waals surface area contributed by atoms with Crippen molar-refractivity contribution in [3.05, 3.63) is 53.3 Å². The van der Waals surface area contributed by atoms with E-state index < -0.39 is 17.8 Å². The van der Waals surface area contributed by atoms with Crippen LogP contribution in [0.2, 0.25) is 0 Å². The molecule has 1 aliphatic rings. The molecular weight excluding hydrogens is 395 g/mol. The van der Waals surface area contributed by atoms with E-state index in [2.05, 4.69) is 15.3 Å². The van der Waals surface area contributed by atoms with E-state index >= 15 is 0 Å². The molecular formula is C21H28F3N5O. The van der Waals surface area contributed by atoms with Gasteiger partial charge in [-0.05, 0) is 43.5 Å². The second kappa shape index (κ2) is 9.97. The quantitative estimate of drug-likeness (QED) is 0.438. The lowest BCUT2D eigenvalue weighted by Gasteiger charge is -2.35. The van der Waals surface area contributed by atoms with Crippen molar-refractivity contribution in [2.24, 2.45) is 4.99 Å². The molecule has 0 bridgehead atoms. The third-order valence-corrected chi connectivity index (χ3v) is 4.86. The predicted octanol–water partition coefficient (Wildman–Crippen LogP) is 3.64. The van der Waals surface area contributed by atoms with E-state index in [-0.39, 0.29) is 0 Å². The molecule has 0 aliphatic carbocycles. The molecule has 3 rings (SSSR count). The normalized spacial score (nSPS) is 18.0. The van der Waals surface area contributed by atoms with Crippen molar-refractivity contribution >= 4 is 5.96 Å². The van der Waals surface area contributed by atoms with Crippen molar-refractivity contribution in [1.29, 1.82) is 0 Å². The number of nitrogens with one attached hydrogen (secondary N) is 1. The van der Waals surface area contributed by atoms with Crippen LogP contribution in [0.4, 0.5) is 13.2 Å². The molecule has 1 atom stereocenters. The number of ether oxygens (including phenoxy) is 1. The monoisotopic (exact) mass is 423 g/mol. The van der Waals surface area contributed by atoms with Gasteiger partial charge in [0.25, 0.3) is 0 Å². The van der Waals surface area contributed by atoms with Gasteiger partial charge in [0.2, 0.25) is 0 Å². The number of aromatic nitrogens is 2. The summed E-state index contributed by atoms with van der Waals surface area (Å²) in [6.07, 6.45) is -0.131. The van der Waals surface area contributed by atoms with Gasteiger partial charge in [-0.25, -0.2) is 0 Å². The number of aliphatic imine (C=N–C) groups is 1. The topological polar surface area (TPSA) is 54.7 Å². The van der Waals surface area contributed by atoms with Crippen LogP contribution in [-0.2, 0) is 17.5 Å². The third kappa shape index (κ3) is 5.98. The Bertz CT molecular complexity index is 849. The molecule has 1 saturated heterocycles.